The topological polar surface area (TPSA) is 49.8 Å². The largest absolute Gasteiger partial charge is 0.493 e. The first-order valence-corrected chi connectivity index (χ1v) is 6.56. The van der Waals surface area contributed by atoms with Gasteiger partial charge in [-0.3, -0.25) is 4.79 Å². The Morgan fingerprint density at radius 2 is 2.21 bits per heavy atom. The molecule has 19 heavy (non-hydrogen) atoms. The number of benzene rings is 1. The maximum atomic E-state index is 10.9. The molecule has 0 aliphatic carbocycles. The van der Waals surface area contributed by atoms with Gasteiger partial charge in [0.25, 0.3) is 0 Å². The van der Waals surface area contributed by atoms with E-state index in [1.165, 1.54) is 5.56 Å². The minimum Gasteiger partial charge on any atom is -0.493 e. The van der Waals surface area contributed by atoms with Crippen LogP contribution in [0.25, 0.3) is 0 Å². The van der Waals surface area contributed by atoms with E-state index in [0.717, 1.165) is 24.5 Å². The van der Waals surface area contributed by atoms with Gasteiger partial charge in [-0.25, -0.2) is 0 Å². The van der Waals surface area contributed by atoms with Crippen LogP contribution in [0, 0.1) is 5.41 Å². The van der Waals surface area contributed by atoms with Gasteiger partial charge in [-0.2, -0.15) is 0 Å². The Morgan fingerprint density at radius 3 is 2.89 bits per heavy atom. The average Bonchev–Trinajstić information content (AvgIpc) is 2.72. The zero-order valence-electron chi connectivity index (χ0n) is 11.8. The van der Waals surface area contributed by atoms with Crippen LogP contribution in [0.1, 0.15) is 25.8 Å². The van der Waals surface area contributed by atoms with Gasteiger partial charge in [0.05, 0.1) is 13.0 Å². The third kappa shape index (κ3) is 3.40. The van der Waals surface area contributed by atoms with Gasteiger partial charge in [-0.05, 0) is 29.2 Å². The maximum absolute atomic E-state index is 10.9. The monoisotopic (exact) mass is 263 g/mol. The maximum Gasteiger partial charge on any atom is 0.303 e. The summed E-state index contributed by atoms with van der Waals surface area (Å²) < 4.78 is 5.49. The molecule has 0 aromatic heterocycles. The predicted molar refractivity (Wildman–Crippen MR) is 74.9 cm³/mol. The van der Waals surface area contributed by atoms with Crippen molar-refractivity contribution in [1.82, 2.24) is 0 Å². The predicted octanol–water partition coefficient (Wildman–Crippen LogP) is 2.56. The number of aliphatic carboxylic acids is 1. The van der Waals surface area contributed by atoms with Crippen LogP contribution in [0.3, 0.4) is 0 Å². The fourth-order valence-corrected chi connectivity index (χ4v) is 2.61. The van der Waals surface area contributed by atoms with Crippen LogP contribution in [0.2, 0.25) is 0 Å². The zero-order chi connectivity index (χ0) is 14.0. The van der Waals surface area contributed by atoms with E-state index in [2.05, 4.69) is 11.0 Å². The average molecular weight is 263 g/mol. The first-order valence-electron chi connectivity index (χ1n) is 6.56. The molecule has 1 aliphatic heterocycles. The van der Waals surface area contributed by atoms with E-state index in [1.54, 1.807) is 0 Å². The van der Waals surface area contributed by atoms with Crippen LogP contribution in [-0.4, -0.2) is 31.3 Å². The molecule has 0 bridgehead atoms. The molecular formula is C15H21NO3. The highest BCUT2D eigenvalue weighted by atomic mass is 16.5. The van der Waals surface area contributed by atoms with Crippen molar-refractivity contribution in [3.8, 4) is 5.75 Å². The van der Waals surface area contributed by atoms with Gasteiger partial charge < -0.3 is 14.7 Å². The van der Waals surface area contributed by atoms with Crippen LogP contribution in [0.4, 0.5) is 5.69 Å². The molecule has 0 fully saturated rings. The van der Waals surface area contributed by atoms with Gasteiger partial charge in [-0.15, -0.1) is 0 Å². The molecule has 0 saturated heterocycles. The molecule has 4 nitrogen and oxygen atoms in total. The summed E-state index contributed by atoms with van der Waals surface area (Å²) in [5.41, 5.74) is 2.10. The highest BCUT2D eigenvalue weighted by molar-refractivity contribution is 5.67. The molecule has 2 rings (SSSR count). The highest BCUT2D eigenvalue weighted by Gasteiger charge is 2.24. The first-order chi connectivity index (χ1) is 8.87. The Bertz CT molecular complexity index is 482. The third-order valence-corrected chi connectivity index (χ3v) is 3.41. The van der Waals surface area contributed by atoms with Crippen LogP contribution in [-0.2, 0) is 11.2 Å². The Kier molecular flexibility index (Phi) is 3.69. The number of anilines is 1. The summed E-state index contributed by atoms with van der Waals surface area (Å²) in [5.74, 6) is 0.225. The molecule has 1 N–H and O–H groups in total. The van der Waals surface area contributed by atoms with Gasteiger partial charge in [0.1, 0.15) is 5.75 Å². The van der Waals surface area contributed by atoms with Crippen LogP contribution in [0.5, 0.6) is 5.75 Å². The SMILES string of the molecule is CN(CC(C)(C)CC(=O)O)c1ccc2c(c1)CCO2. The molecule has 0 saturated carbocycles. The number of nitrogens with zero attached hydrogens (tertiary/aromatic N) is 1. The lowest BCUT2D eigenvalue weighted by Gasteiger charge is -2.30. The number of hydrogen-bond donors (Lipinski definition) is 1. The Balaban J connectivity index is 2.07. The minimum atomic E-state index is -0.749. The fraction of sp³-hybridized carbons (Fsp3) is 0.533. The fourth-order valence-electron chi connectivity index (χ4n) is 2.61. The Labute approximate surface area is 114 Å². The molecule has 4 heteroatoms. The van der Waals surface area contributed by atoms with E-state index in [4.69, 9.17) is 9.84 Å². The molecule has 0 amide bonds. The number of carbonyl (C=O) groups is 1. The van der Waals surface area contributed by atoms with Gasteiger partial charge >= 0.3 is 5.97 Å². The third-order valence-electron chi connectivity index (χ3n) is 3.41. The summed E-state index contributed by atoms with van der Waals surface area (Å²) in [5, 5.41) is 8.92. The Hall–Kier alpha value is -1.71. The summed E-state index contributed by atoms with van der Waals surface area (Å²) in [6, 6.07) is 6.17. The van der Waals surface area contributed by atoms with Gasteiger partial charge in [0.2, 0.25) is 0 Å². The lowest BCUT2D eigenvalue weighted by molar-refractivity contribution is -0.139. The lowest BCUT2D eigenvalue weighted by Crippen LogP contribution is -2.33. The number of carboxylic acid groups (broad SMARTS) is 1. The van der Waals surface area contributed by atoms with E-state index < -0.39 is 5.97 Å². The number of carboxylic acids is 1. The quantitative estimate of drug-likeness (QED) is 0.887. The molecule has 0 spiro atoms. The van der Waals surface area contributed by atoms with Crippen molar-refractivity contribution in [3.63, 3.8) is 0 Å². The van der Waals surface area contributed by atoms with Crippen LogP contribution >= 0.6 is 0 Å². The summed E-state index contributed by atoms with van der Waals surface area (Å²) >= 11 is 0. The zero-order valence-corrected chi connectivity index (χ0v) is 11.8. The molecule has 104 valence electrons. The van der Waals surface area contributed by atoms with Crippen molar-refractivity contribution in [2.24, 2.45) is 5.41 Å². The second kappa shape index (κ2) is 5.11. The van der Waals surface area contributed by atoms with Gasteiger partial charge in [0, 0.05) is 25.7 Å². The Morgan fingerprint density at radius 1 is 1.47 bits per heavy atom. The molecule has 1 heterocycles. The molecule has 0 unspecified atom stereocenters. The number of rotatable bonds is 5. The summed E-state index contributed by atoms with van der Waals surface area (Å²) in [7, 11) is 2.00. The van der Waals surface area contributed by atoms with Gasteiger partial charge in [0.15, 0.2) is 0 Å². The van der Waals surface area contributed by atoms with E-state index in [9.17, 15) is 4.79 Å². The number of ether oxygens (including phenoxy) is 1. The van der Waals surface area contributed by atoms with E-state index in [0.29, 0.717) is 6.54 Å². The van der Waals surface area contributed by atoms with Crippen molar-refractivity contribution >= 4 is 11.7 Å². The molecule has 1 aliphatic rings. The normalized spacial score (nSPS) is 13.8. The summed E-state index contributed by atoms with van der Waals surface area (Å²) in [6.07, 6.45) is 1.13. The molecule has 1 aromatic carbocycles. The minimum absolute atomic E-state index is 0.172. The van der Waals surface area contributed by atoms with Gasteiger partial charge in [-0.1, -0.05) is 13.8 Å². The van der Waals surface area contributed by atoms with Crippen LogP contribution < -0.4 is 9.64 Å². The van der Waals surface area contributed by atoms with Crippen molar-refractivity contribution in [1.29, 1.82) is 0 Å². The summed E-state index contributed by atoms with van der Waals surface area (Å²) in [4.78, 5) is 13.0. The van der Waals surface area contributed by atoms with E-state index in [1.807, 2.05) is 33.0 Å². The molecule has 0 radical (unpaired) electrons. The van der Waals surface area contributed by atoms with Crippen LogP contribution in [0.15, 0.2) is 18.2 Å². The molecular weight excluding hydrogens is 242 g/mol. The van der Waals surface area contributed by atoms with Crippen molar-refractivity contribution in [2.45, 2.75) is 26.7 Å². The number of hydrogen-bond acceptors (Lipinski definition) is 3. The van der Waals surface area contributed by atoms with Crippen molar-refractivity contribution < 1.29 is 14.6 Å². The smallest absolute Gasteiger partial charge is 0.303 e. The standard InChI is InChI=1S/C15H21NO3/c1-15(2,9-14(17)18)10-16(3)12-4-5-13-11(8-12)6-7-19-13/h4-5,8H,6-7,9-10H2,1-3H3,(H,17,18). The lowest BCUT2D eigenvalue weighted by atomic mass is 9.88. The molecule has 0 atom stereocenters. The van der Waals surface area contributed by atoms with E-state index >= 15 is 0 Å². The second-order valence-electron chi connectivity index (χ2n) is 5.98. The van der Waals surface area contributed by atoms with E-state index in [-0.39, 0.29) is 11.8 Å². The van der Waals surface area contributed by atoms with Crippen molar-refractivity contribution in [3.05, 3.63) is 23.8 Å². The number of fused-ring (bicyclic) bond motifs is 1. The highest BCUT2D eigenvalue weighted by Crippen LogP contribution is 2.31. The second-order valence-corrected chi connectivity index (χ2v) is 5.98. The van der Waals surface area contributed by atoms with Crippen molar-refractivity contribution in [2.75, 3.05) is 25.1 Å². The first kappa shape index (κ1) is 13.7. The molecule has 1 aromatic rings. The summed E-state index contributed by atoms with van der Waals surface area (Å²) in [6.45, 7) is 5.42.